The van der Waals surface area contributed by atoms with Crippen LogP contribution in [0.1, 0.15) is 70.6 Å². The van der Waals surface area contributed by atoms with Gasteiger partial charge in [0.2, 0.25) is 5.91 Å². The van der Waals surface area contributed by atoms with Gasteiger partial charge in [-0.2, -0.15) is 0 Å². The molecule has 2 spiro atoms. The lowest BCUT2D eigenvalue weighted by molar-refractivity contribution is -0.138. The Hall–Kier alpha value is -1.59. The van der Waals surface area contributed by atoms with Crippen LogP contribution in [0.2, 0.25) is 0 Å². The fourth-order valence-corrected chi connectivity index (χ4v) is 5.46. The number of amides is 4. The average Bonchev–Trinajstić information content (AvgIpc) is 2.83. The highest BCUT2D eigenvalue weighted by atomic mass is 16.2. The summed E-state index contributed by atoms with van der Waals surface area (Å²) in [4.78, 5) is 35.9. The van der Waals surface area contributed by atoms with E-state index in [1.165, 1.54) is 51.4 Å². The topological polar surface area (TPSA) is 87.3 Å². The van der Waals surface area contributed by atoms with E-state index in [9.17, 15) is 14.4 Å². The second-order valence-corrected chi connectivity index (χ2v) is 8.33. The van der Waals surface area contributed by atoms with Crippen LogP contribution in [-0.4, -0.2) is 29.4 Å². The standard InChI is InChI=1S/C18H27N3O3/c22-14(12-10-18(11-12)15(23)20-16(24)21-18)19-13-6-2-5-9-17(13)7-3-1-4-8-17/h12-13H,1-11H2,(H,19,22)(H2,20,21,23,24). The Kier molecular flexibility index (Phi) is 3.81. The fourth-order valence-electron chi connectivity index (χ4n) is 5.46. The summed E-state index contributed by atoms with van der Waals surface area (Å²) in [6.07, 6.45) is 12.0. The molecule has 3 aliphatic carbocycles. The van der Waals surface area contributed by atoms with E-state index in [4.69, 9.17) is 0 Å². The molecule has 132 valence electrons. The van der Waals surface area contributed by atoms with E-state index in [1.54, 1.807) is 0 Å². The Morgan fingerprint density at radius 3 is 2.29 bits per heavy atom. The molecular weight excluding hydrogens is 306 g/mol. The van der Waals surface area contributed by atoms with E-state index < -0.39 is 11.6 Å². The van der Waals surface area contributed by atoms with Gasteiger partial charge in [-0.15, -0.1) is 0 Å². The largest absolute Gasteiger partial charge is 0.353 e. The molecule has 0 aromatic carbocycles. The summed E-state index contributed by atoms with van der Waals surface area (Å²) in [5.41, 5.74) is -0.513. The van der Waals surface area contributed by atoms with Gasteiger partial charge in [0.15, 0.2) is 0 Å². The lowest BCUT2D eigenvalue weighted by Crippen LogP contribution is -2.61. The van der Waals surface area contributed by atoms with Crippen LogP contribution < -0.4 is 16.0 Å². The van der Waals surface area contributed by atoms with Crippen molar-refractivity contribution in [3.05, 3.63) is 0 Å². The third-order valence-electron chi connectivity index (χ3n) is 6.90. The number of nitrogens with one attached hydrogen (secondary N) is 3. The molecule has 1 unspecified atom stereocenters. The van der Waals surface area contributed by atoms with E-state index in [0.29, 0.717) is 24.3 Å². The van der Waals surface area contributed by atoms with E-state index >= 15 is 0 Å². The second kappa shape index (κ2) is 5.74. The first-order valence-corrected chi connectivity index (χ1v) is 9.47. The van der Waals surface area contributed by atoms with Crippen molar-refractivity contribution in [3.8, 4) is 0 Å². The lowest BCUT2D eigenvalue weighted by atomic mass is 9.62. The molecule has 3 N–H and O–H groups in total. The number of carbonyl (C=O) groups is 3. The summed E-state index contributed by atoms with van der Waals surface area (Å²) in [5.74, 6) is -0.360. The van der Waals surface area contributed by atoms with Crippen molar-refractivity contribution in [2.45, 2.75) is 82.2 Å². The average molecular weight is 333 g/mol. The van der Waals surface area contributed by atoms with Gasteiger partial charge < -0.3 is 10.6 Å². The third kappa shape index (κ3) is 2.50. The van der Waals surface area contributed by atoms with Crippen molar-refractivity contribution in [1.29, 1.82) is 0 Å². The van der Waals surface area contributed by atoms with Crippen LogP contribution in [0, 0.1) is 11.3 Å². The van der Waals surface area contributed by atoms with Crippen molar-refractivity contribution in [2.24, 2.45) is 11.3 Å². The molecule has 6 heteroatoms. The quantitative estimate of drug-likeness (QED) is 0.675. The zero-order valence-electron chi connectivity index (χ0n) is 14.2. The normalized spacial score (nSPS) is 37.7. The third-order valence-corrected chi connectivity index (χ3v) is 6.90. The van der Waals surface area contributed by atoms with Crippen LogP contribution in [-0.2, 0) is 9.59 Å². The Morgan fingerprint density at radius 1 is 1.00 bits per heavy atom. The van der Waals surface area contributed by atoms with Crippen molar-refractivity contribution < 1.29 is 14.4 Å². The number of urea groups is 1. The maximum atomic E-state index is 12.7. The predicted octanol–water partition coefficient (Wildman–Crippen LogP) is 1.98. The molecule has 1 atom stereocenters. The van der Waals surface area contributed by atoms with E-state index in [1.807, 2.05) is 0 Å². The van der Waals surface area contributed by atoms with Gasteiger partial charge in [0.05, 0.1) is 0 Å². The van der Waals surface area contributed by atoms with Gasteiger partial charge in [0.1, 0.15) is 5.54 Å². The summed E-state index contributed by atoms with van der Waals surface area (Å²) in [5, 5.41) is 8.29. The molecule has 0 bridgehead atoms. The van der Waals surface area contributed by atoms with Gasteiger partial charge in [-0.25, -0.2) is 4.79 Å². The minimum absolute atomic E-state index is 0.0754. The van der Waals surface area contributed by atoms with Crippen LogP contribution in [0.15, 0.2) is 0 Å². The highest BCUT2D eigenvalue weighted by molar-refractivity contribution is 6.08. The van der Waals surface area contributed by atoms with Crippen molar-refractivity contribution in [2.75, 3.05) is 0 Å². The highest BCUT2D eigenvalue weighted by Gasteiger charge is 2.57. The van der Waals surface area contributed by atoms with E-state index in [-0.39, 0.29) is 17.7 Å². The minimum atomic E-state index is -0.825. The first-order valence-electron chi connectivity index (χ1n) is 9.47. The Labute approximate surface area is 142 Å². The van der Waals surface area contributed by atoms with E-state index in [2.05, 4.69) is 16.0 Å². The van der Waals surface area contributed by atoms with Crippen LogP contribution in [0.25, 0.3) is 0 Å². The maximum absolute atomic E-state index is 12.7. The summed E-state index contributed by atoms with van der Waals surface area (Å²) in [6, 6.07) is -0.144. The molecule has 1 saturated heterocycles. The van der Waals surface area contributed by atoms with Crippen molar-refractivity contribution in [1.82, 2.24) is 16.0 Å². The van der Waals surface area contributed by atoms with Gasteiger partial charge in [-0.05, 0) is 43.9 Å². The van der Waals surface area contributed by atoms with Crippen molar-refractivity contribution in [3.63, 3.8) is 0 Å². The van der Waals surface area contributed by atoms with Crippen molar-refractivity contribution >= 4 is 17.8 Å². The Balaban J connectivity index is 1.38. The molecule has 3 saturated carbocycles. The Bertz CT molecular complexity index is 554. The molecule has 6 nitrogen and oxygen atoms in total. The fraction of sp³-hybridized carbons (Fsp3) is 0.833. The minimum Gasteiger partial charge on any atom is -0.353 e. The molecule has 0 aromatic heterocycles. The van der Waals surface area contributed by atoms with Gasteiger partial charge in [-0.3, -0.25) is 14.9 Å². The smallest absolute Gasteiger partial charge is 0.322 e. The van der Waals surface area contributed by atoms with Gasteiger partial charge in [-0.1, -0.05) is 32.1 Å². The summed E-state index contributed by atoms with van der Waals surface area (Å²) < 4.78 is 0. The number of rotatable bonds is 2. The monoisotopic (exact) mass is 333 g/mol. The number of carbonyl (C=O) groups excluding carboxylic acids is 3. The first kappa shape index (κ1) is 15.9. The molecule has 4 fully saturated rings. The van der Waals surface area contributed by atoms with Crippen LogP contribution in [0.5, 0.6) is 0 Å². The van der Waals surface area contributed by atoms with Crippen LogP contribution >= 0.6 is 0 Å². The molecule has 4 aliphatic rings. The Morgan fingerprint density at radius 2 is 1.67 bits per heavy atom. The zero-order chi connectivity index (χ0) is 16.8. The van der Waals surface area contributed by atoms with E-state index in [0.717, 1.165) is 6.42 Å². The van der Waals surface area contributed by atoms with Crippen LogP contribution in [0.3, 0.4) is 0 Å². The molecule has 0 aromatic rings. The zero-order valence-corrected chi connectivity index (χ0v) is 14.2. The van der Waals surface area contributed by atoms with Gasteiger partial charge >= 0.3 is 6.03 Å². The number of hydrogen-bond acceptors (Lipinski definition) is 3. The second-order valence-electron chi connectivity index (χ2n) is 8.33. The molecule has 1 aliphatic heterocycles. The molecule has 24 heavy (non-hydrogen) atoms. The van der Waals surface area contributed by atoms with Gasteiger partial charge in [0.25, 0.3) is 5.91 Å². The van der Waals surface area contributed by atoms with Gasteiger partial charge in [0, 0.05) is 12.0 Å². The summed E-state index contributed by atoms with van der Waals surface area (Å²) >= 11 is 0. The molecule has 1 heterocycles. The number of hydrogen-bond donors (Lipinski definition) is 3. The molecular formula is C18H27N3O3. The summed E-state index contributed by atoms with van der Waals surface area (Å²) in [7, 11) is 0. The van der Waals surface area contributed by atoms with Crippen LogP contribution in [0.4, 0.5) is 4.79 Å². The lowest BCUT2D eigenvalue weighted by Gasteiger charge is -2.48. The highest BCUT2D eigenvalue weighted by Crippen LogP contribution is 2.48. The molecule has 0 radical (unpaired) electrons. The maximum Gasteiger partial charge on any atom is 0.322 e. The molecule has 4 rings (SSSR count). The predicted molar refractivity (Wildman–Crippen MR) is 88.0 cm³/mol. The number of imide groups is 1. The summed E-state index contributed by atoms with van der Waals surface area (Å²) in [6.45, 7) is 0. The molecule has 4 amide bonds. The SMILES string of the molecule is O=C1NC(=O)C2(CC(C(=O)NC3CCCCC34CCCCC4)C2)N1. The first-order chi connectivity index (χ1) is 11.5.